The van der Waals surface area contributed by atoms with E-state index < -0.39 is 15.9 Å². The van der Waals surface area contributed by atoms with Gasteiger partial charge in [-0.25, -0.2) is 12.8 Å². The third-order valence-electron chi connectivity index (χ3n) is 4.42. The molecule has 1 atom stereocenters. The molecular weight excluding hydrogens is 393 g/mol. The smallest absolute Gasteiger partial charge is 0.261 e. The molecule has 2 aromatic rings. The van der Waals surface area contributed by atoms with Crippen molar-refractivity contribution in [3.8, 4) is 5.75 Å². The number of carbonyl (C=O) groups is 1. The zero-order chi connectivity index (χ0) is 19.4. The third-order valence-corrected chi connectivity index (χ3v) is 6.49. The van der Waals surface area contributed by atoms with Crippen molar-refractivity contribution in [2.75, 3.05) is 18.1 Å². The monoisotopic (exact) mass is 411 g/mol. The molecular formula is C19H19ClFNO4S. The molecule has 5 nitrogen and oxygen atoms in total. The zero-order valence-electron chi connectivity index (χ0n) is 14.5. The van der Waals surface area contributed by atoms with Crippen LogP contribution in [0.15, 0.2) is 48.5 Å². The fraction of sp³-hybridized carbons (Fsp3) is 0.316. The average molecular weight is 412 g/mol. The Morgan fingerprint density at radius 2 is 1.89 bits per heavy atom. The number of para-hydroxylation sites is 1. The second-order valence-electron chi connectivity index (χ2n) is 6.42. The predicted octanol–water partition coefficient (Wildman–Crippen LogP) is 3.07. The summed E-state index contributed by atoms with van der Waals surface area (Å²) in [4.78, 5) is 14.3. The van der Waals surface area contributed by atoms with Gasteiger partial charge in [-0.05, 0) is 36.2 Å². The molecule has 0 bridgehead atoms. The zero-order valence-corrected chi connectivity index (χ0v) is 16.0. The van der Waals surface area contributed by atoms with Crippen molar-refractivity contribution in [3.63, 3.8) is 0 Å². The quantitative estimate of drug-likeness (QED) is 0.732. The topological polar surface area (TPSA) is 63.7 Å². The van der Waals surface area contributed by atoms with Gasteiger partial charge in [-0.15, -0.1) is 0 Å². The number of hydrogen-bond donors (Lipinski definition) is 0. The van der Waals surface area contributed by atoms with Gasteiger partial charge in [-0.2, -0.15) is 0 Å². The Hall–Kier alpha value is -2.12. The van der Waals surface area contributed by atoms with Gasteiger partial charge in [0.1, 0.15) is 11.6 Å². The van der Waals surface area contributed by atoms with E-state index in [0.29, 0.717) is 22.8 Å². The molecule has 0 N–H and O–H groups in total. The van der Waals surface area contributed by atoms with E-state index in [1.165, 1.54) is 17.0 Å². The highest BCUT2D eigenvalue weighted by Crippen LogP contribution is 2.24. The van der Waals surface area contributed by atoms with Crippen LogP contribution in [0.4, 0.5) is 4.39 Å². The number of ether oxygens (including phenoxy) is 1. The highest BCUT2D eigenvalue weighted by atomic mass is 35.5. The molecule has 1 heterocycles. The minimum absolute atomic E-state index is 0.0518. The number of sulfone groups is 1. The Labute approximate surface area is 162 Å². The van der Waals surface area contributed by atoms with Crippen LogP contribution in [0.3, 0.4) is 0 Å². The summed E-state index contributed by atoms with van der Waals surface area (Å²) < 4.78 is 42.4. The lowest BCUT2D eigenvalue weighted by molar-refractivity contribution is -0.136. The second-order valence-corrected chi connectivity index (χ2v) is 9.06. The Bertz CT molecular complexity index is 918. The van der Waals surface area contributed by atoms with Crippen molar-refractivity contribution >= 4 is 27.3 Å². The van der Waals surface area contributed by atoms with Gasteiger partial charge in [-0.3, -0.25) is 4.79 Å². The van der Waals surface area contributed by atoms with Crippen molar-refractivity contribution in [2.24, 2.45) is 0 Å². The Morgan fingerprint density at radius 1 is 1.19 bits per heavy atom. The molecule has 1 saturated heterocycles. The van der Waals surface area contributed by atoms with Crippen molar-refractivity contribution in [1.29, 1.82) is 0 Å². The van der Waals surface area contributed by atoms with Crippen LogP contribution >= 0.6 is 11.6 Å². The molecule has 8 heteroatoms. The number of halogens is 2. The molecule has 0 aromatic heterocycles. The standard InChI is InChI=1S/C19H19ClFNO4S/c20-17-3-1-2-4-18(17)26-12-19(23)22(16-9-10-27(24,25)13-16)11-14-5-7-15(21)8-6-14/h1-8,16H,9-13H2/t16-/m1/s1. The van der Waals surface area contributed by atoms with Crippen LogP contribution in [0.25, 0.3) is 0 Å². The van der Waals surface area contributed by atoms with E-state index in [1.54, 1.807) is 36.4 Å². The average Bonchev–Trinajstić information content (AvgIpc) is 3.00. The van der Waals surface area contributed by atoms with Crippen molar-refractivity contribution < 1.29 is 22.3 Å². The number of hydrogen-bond acceptors (Lipinski definition) is 4. The largest absolute Gasteiger partial charge is 0.482 e. The minimum atomic E-state index is -3.16. The summed E-state index contributed by atoms with van der Waals surface area (Å²) in [5.41, 5.74) is 0.715. The normalized spacial score (nSPS) is 18.2. The van der Waals surface area contributed by atoms with E-state index in [9.17, 15) is 17.6 Å². The summed E-state index contributed by atoms with van der Waals surface area (Å²) in [5, 5.41) is 0.388. The van der Waals surface area contributed by atoms with Gasteiger partial charge in [0.2, 0.25) is 0 Å². The van der Waals surface area contributed by atoms with Crippen LogP contribution in [-0.4, -0.2) is 43.4 Å². The molecule has 1 fully saturated rings. The van der Waals surface area contributed by atoms with Crippen LogP contribution in [0.1, 0.15) is 12.0 Å². The Morgan fingerprint density at radius 3 is 2.52 bits per heavy atom. The number of benzene rings is 2. The molecule has 1 amide bonds. The maximum atomic E-state index is 13.1. The van der Waals surface area contributed by atoms with E-state index in [4.69, 9.17) is 16.3 Å². The highest BCUT2D eigenvalue weighted by molar-refractivity contribution is 7.91. The van der Waals surface area contributed by atoms with Crippen molar-refractivity contribution in [3.05, 3.63) is 64.9 Å². The summed E-state index contributed by atoms with van der Waals surface area (Å²) in [7, 11) is -3.16. The van der Waals surface area contributed by atoms with Crippen LogP contribution in [-0.2, 0) is 21.2 Å². The van der Waals surface area contributed by atoms with Crippen LogP contribution < -0.4 is 4.74 Å². The summed E-state index contributed by atoms with van der Waals surface area (Å²) in [6, 6.07) is 12.1. The third kappa shape index (κ3) is 5.20. The van der Waals surface area contributed by atoms with Gasteiger partial charge >= 0.3 is 0 Å². The van der Waals surface area contributed by atoms with Crippen molar-refractivity contribution in [2.45, 2.75) is 19.0 Å². The lowest BCUT2D eigenvalue weighted by Gasteiger charge is -2.28. The maximum absolute atomic E-state index is 13.1. The SMILES string of the molecule is O=C(COc1ccccc1Cl)N(Cc1ccc(F)cc1)[C@@H]1CCS(=O)(=O)C1. The molecule has 0 unspecified atom stereocenters. The lowest BCUT2D eigenvalue weighted by Crippen LogP contribution is -2.43. The molecule has 144 valence electrons. The van der Waals surface area contributed by atoms with Gasteiger partial charge in [0, 0.05) is 12.6 Å². The number of rotatable bonds is 6. The Kier molecular flexibility index (Phi) is 6.01. The molecule has 1 aliphatic rings. The van der Waals surface area contributed by atoms with Gasteiger partial charge in [0.15, 0.2) is 16.4 Å². The lowest BCUT2D eigenvalue weighted by atomic mass is 10.1. The molecule has 2 aromatic carbocycles. The van der Waals surface area contributed by atoms with Crippen LogP contribution in [0.2, 0.25) is 5.02 Å². The molecule has 0 radical (unpaired) electrons. The van der Waals surface area contributed by atoms with Gasteiger partial charge < -0.3 is 9.64 Å². The van der Waals surface area contributed by atoms with Gasteiger partial charge in [-0.1, -0.05) is 35.9 Å². The van der Waals surface area contributed by atoms with Gasteiger partial charge in [0.05, 0.1) is 16.5 Å². The van der Waals surface area contributed by atoms with Crippen LogP contribution in [0.5, 0.6) is 5.75 Å². The number of carbonyl (C=O) groups excluding carboxylic acids is 1. The fourth-order valence-corrected chi connectivity index (χ4v) is 4.93. The second kappa shape index (κ2) is 8.27. The fourth-order valence-electron chi connectivity index (χ4n) is 3.01. The van der Waals surface area contributed by atoms with E-state index >= 15 is 0 Å². The molecule has 0 spiro atoms. The molecule has 0 saturated carbocycles. The van der Waals surface area contributed by atoms with Gasteiger partial charge in [0.25, 0.3) is 5.91 Å². The first-order chi connectivity index (χ1) is 12.8. The summed E-state index contributed by atoms with van der Waals surface area (Å²) in [6.07, 6.45) is 0.376. The van der Waals surface area contributed by atoms with E-state index in [2.05, 4.69) is 0 Å². The molecule has 3 rings (SSSR count). The summed E-state index contributed by atoms with van der Waals surface area (Å²) in [6.45, 7) is -0.0767. The van der Waals surface area contributed by atoms with E-state index in [1.807, 2.05) is 0 Å². The maximum Gasteiger partial charge on any atom is 0.261 e. The molecule has 0 aliphatic carbocycles. The molecule has 1 aliphatic heterocycles. The summed E-state index contributed by atoms with van der Waals surface area (Å²) in [5.74, 6) is -0.362. The van der Waals surface area contributed by atoms with E-state index in [0.717, 1.165) is 0 Å². The summed E-state index contributed by atoms with van der Waals surface area (Å²) >= 11 is 6.03. The van der Waals surface area contributed by atoms with Crippen LogP contribution in [0, 0.1) is 5.82 Å². The van der Waals surface area contributed by atoms with Crippen molar-refractivity contribution in [1.82, 2.24) is 4.90 Å². The molecule has 27 heavy (non-hydrogen) atoms. The highest BCUT2D eigenvalue weighted by Gasteiger charge is 2.34. The predicted molar refractivity (Wildman–Crippen MR) is 101 cm³/mol. The first-order valence-electron chi connectivity index (χ1n) is 8.46. The first-order valence-corrected chi connectivity index (χ1v) is 10.7. The first kappa shape index (κ1) is 19.6. The number of nitrogens with zero attached hydrogens (tertiary/aromatic N) is 1. The van der Waals surface area contributed by atoms with E-state index in [-0.39, 0.29) is 36.4 Å². The minimum Gasteiger partial charge on any atom is -0.482 e. The Balaban J connectivity index is 1.75. The number of amides is 1.